The summed E-state index contributed by atoms with van der Waals surface area (Å²) in [4.78, 5) is 40.5. The number of nitrogens with zero attached hydrogens (tertiary/aromatic N) is 1. The predicted molar refractivity (Wildman–Crippen MR) is 134 cm³/mol. The summed E-state index contributed by atoms with van der Waals surface area (Å²) in [5.74, 6) is 0.495. The molecule has 0 saturated carbocycles. The molecule has 3 aromatic rings. The predicted octanol–water partition coefficient (Wildman–Crippen LogP) is 4.67. The van der Waals surface area contributed by atoms with Gasteiger partial charge in [-0.3, -0.25) is 14.4 Å². The molecule has 1 unspecified atom stereocenters. The fourth-order valence-corrected chi connectivity index (χ4v) is 4.76. The van der Waals surface area contributed by atoms with Crippen LogP contribution in [0.4, 0.5) is 5.69 Å². The van der Waals surface area contributed by atoms with Crippen LogP contribution in [-0.2, 0) is 11.2 Å². The van der Waals surface area contributed by atoms with Crippen LogP contribution in [-0.4, -0.2) is 41.7 Å². The van der Waals surface area contributed by atoms with Gasteiger partial charge in [-0.05, 0) is 49.6 Å². The van der Waals surface area contributed by atoms with E-state index in [1.807, 2.05) is 55.5 Å². The summed E-state index contributed by atoms with van der Waals surface area (Å²) in [6, 6.07) is 22.3. The number of ether oxygens (including phenoxy) is 1. The molecule has 2 amide bonds. The number of nitrogens with one attached hydrogen (secondary N) is 1. The first-order chi connectivity index (χ1) is 17.0. The number of carbonyl (C=O) groups excluding carboxylic acids is 3. The summed E-state index contributed by atoms with van der Waals surface area (Å²) in [5, 5.41) is 2.88. The van der Waals surface area contributed by atoms with E-state index in [2.05, 4.69) is 5.32 Å². The van der Waals surface area contributed by atoms with Crippen molar-refractivity contribution in [3.05, 3.63) is 95.1 Å². The number of para-hydroxylation sites is 1. The highest BCUT2D eigenvalue weighted by molar-refractivity contribution is 6.00. The van der Waals surface area contributed by atoms with Crippen LogP contribution in [0.2, 0.25) is 0 Å². The van der Waals surface area contributed by atoms with Gasteiger partial charge in [0.1, 0.15) is 5.75 Å². The van der Waals surface area contributed by atoms with Gasteiger partial charge in [-0.2, -0.15) is 0 Å². The number of amides is 2. The van der Waals surface area contributed by atoms with Gasteiger partial charge in [0, 0.05) is 42.2 Å². The molecule has 1 atom stereocenters. The maximum atomic E-state index is 13.1. The van der Waals surface area contributed by atoms with E-state index in [4.69, 9.17) is 4.74 Å². The number of ketones is 1. The van der Waals surface area contributed by atoms with Crippen LogP contribution < -0.4 is 10.1 Å². The molecule has 1 N–H and O–H groups in total. The zero-order chi connectivity index (χ0) is 24.4. The van der Waals surface area contributed by atoms with Crippen LogP contribution in [0, 0.1) is 12.8 Å². The molecule has 0 aromatic heterocycles. The van der Waals surface area contributed by atoms with Gasteiger partial charge in [0.15, 0.2) is 11.9 Å². The molecule has 0 spiro atoms. The molecule has 1 fully saturated rings. The number of aryl methyl sites for hydroxylation is 1. The molecule has 6 heteroatoms. The second-order valence-corrected chi connectivity index (χ2v) is 9.29. The molecule has 1 saturated heterocycles. The van der Waals surface area contributed by atoms with Crippen molar-refractivity contribution in [1.82, 2.24) is 4.90 Å². The highest BCUT2D eigenvalue weighted by Crippen LogP contribution is 2.29. The Morgan fingerprint density at radius 2 is 1.63 bits per heavy atom. The van der Waals surface area contributed by atoms with Crippen molar-refractivity contribution in [2.24, 2.45) is 5.92 Å². The highest BCUT2D eigenvalue weighted by Gasteiger charge is 2.30. The topological polar surface area (TPSA) is 75.7 Å². The average molecular weight is 469 g/mol. The van der Waals surface area contributed by atoms with Crippen molar-refractivity contribution in [2.45, 2.75) is 32.3 Å². The molecule has 2 heterocycles. The van der Waals surface area contributed by atoms with Gasteiger partial charge in [-0.15, -0.1) is 0 Å². The number of carbonyl (C=O) groups is 3. The summed E-state index contributed by atoms with van der Waals surface area (Å²) in [6.45, 7) is 3.07. The van der Waals surface area contributed by atoms with Gasteiger partial charge >= 0.3 is 0 Å². The van der Waals surface area contributed by atoms with Crippen molar-refractivity contribution in [1.29, 1.82) is 0 Å². The van der Waals surface area contributed by atoms with Crippen molar-refractivity contribution in [3.8, 4) is 5.75 Å². The monoisotopic (exact) mass is 468 g/mol. The number of fused-ring (bicyclic) bond motifs is 1. The van der Waals surface area contributed by atoms with E-state index in [0.29, 0.717) is 43.6 Å². The van der Waals surface area contributed by atoms with Gasteiger partial charge in [0.2, 0.25) is 0 Å². The van der Waals surface area contributed by atoms with E-state index < -0.39 is 6.10 Å². The lowest BCUT2D eigenvalue weighted by Gasteiger charge is -2.31. The minimum atomic E-state index is -0.586. The van der Waals surface area contributed by atoms with Crippen LogP contribution in [0.1, 0.15) is 44.7 Å². The van der Waals surface area contributed by atoms with Gasteiger partial charge in [0.05, 0.1) is 0 Å². The summed E-state index contributed by atoms with van der Waals surface area (Å²) in [7, 11) is 0. The number of likely N-dealkylation sites (tertiary alicyclic amines) is 1. The zero-order valence-electron chi connectivity index (χ0n) is 19.7. The van der Waals surface area contributed by atoms with E-state index in [1.165, 1.54) is 0 Å². The largest absolute Gasteiger partial charge is 0.480 e. The minimum absolute atomic E-state index is 0.0667. The molecule has 2 aliphatic rings. The van der Waals surface area contributed by atoms with E-state index >= 15 is 0 Å². The Morgan fingerprint density at radius 3 is 2.37 bits per heavy atom. The average Bonchev–Trinajstić information content (AvgIpc) is 3.33. The molecule has 35 heavy (non-hydrogen) atoms. The van der Waals surface area contributed by atoms with E-state index in [1.54, 1.807) is 29.2 Å². The third-order valence-corrected chi connectivity index (χ3v) is 6.81. The summed E-state index contributed by atoms with van der Waals surface area (Å²) >= 11 is 0. The van der Waals surface area contributed by atoms with E-state index in [-0.39, 0.29) is 23.5 Å². The molecular weight excluding hydrogens is 440 g/mol. The maximum Gasteiger partial charge on any atom is 0.265 e. The Morgan fingerprint density at radius 1 is 0.886 bits per heavy atom. The van der Waals surface area contributed by atoms with E-state index in [0.717, 1.165) is 22.4 Å². The molecule has 2 aliphatic heterocycles. The number of hydrogen-bond donors (Lipinski definition) is 1. The van der Waals surface area contributed by atoms with Crippen LogP contribution in [0.3, 0.4) is 0 Å². The smallest absolute Gasteiger partial charge is 0.265 e. The molecular formula is C29H28N2O4. The Hall–Kier alpha value is -3.93. The lowest BCUT2D eigenvalue weighted by atomic mass is 9.88. The van der Waals surface area contributed by atoms with Gasteiger partial charge in [-0.1, -0.05) is 54.1 Å². The van der Waals surface area contributed by atoms with Gasteiger partial charge in [-0.25, -0.2) is 0 Å². The van der Waals surface area contributed by atoms with Crippen molar-refractivity contribution < 1.29 is 19.1 Å². The zero-order valence-corrected chi connectivity index (χ0v) is 19.7. The first-order valence-electron chi connectivity index (χ1n) is 12.0. The number of hydrogen-bond acceptors (Lipinski definition) is 4. The van der Waals surface area contributed by atoms with E-state index in [9.17, 15) is 14.4 Å². The van der Waals surface area contributed by atoms with Crippen LogP contribution >= 0.6 is 0 Å². The normalized spacial score (nSPS) is 17.4. The summed E-state index contributed by atoms with van der Waals surface area (Å²) in [6.07, 6.45) is 1.23. The first-order valence-corrected chi connectivity index (χ1v) is 12.0. The molecule has 6 nitrogen and oxygen atoms in total. The molecule has 0 aliphatic carbocycles. The Labute approximate surface area is 204 Å². The summed E-state index contributed by atoms with van der Waals surface area (Å²) in [5.41, 5.74) is 3.95. The Kier molecular flexibility index (Phi) is 6.36. The highest BCUT2D eigenvalue weighted by atomic mass is 16.5. The third kappa shape index (κ3) is 4.97. The molecule has 178 valence electrons. The number of benzene rings is 3. The third-order valence-electron chi connectivity index (χ3n) is 6.81. The number of rotatable bonds is 5. The van der Waals surface area contributed by atoms with Crippen LogP contribution in [0.15, 0.2) is 72.8 Å². The second-order valence-electron chi connectivity index (χ2n) is 9.29. The fraction of sp³-hybridized carbons (Fsp3) is 0.276. The van der Waals surface area contributed by atoms with Crippen LogP contribution in [0.5, 0.6) is 5.75 Å². The van der Waals surface area contributed by atoms with Gasteiger partial charge < -0.3 is 15.0 Å². The molecule has 0 bridgehead atoms. The molecule has 3 aromatic carbocycles. The maximum absolute atomic E-state index is 13.1. The van der Waals surface area contributed by atoms with Crippen molar-refractivity contribution >= 4 is 23.3 Å². The molecule has 5 rings (SSSR count). The lowest BCUT2D eigenvalue weighted by molar-refractivity contribution is -0.122. The minimum Gasteiger partial charge on any atom is -0.480 e. The Bertz CT molecular complexity index is 1230. The van der Waals surface area contributed by atoms with Crippen molar-refractivity contribution in [3.63, 3.8) is 0 Å². The second kappa shape index (κ2) is 9.74. The SMILES string of the molecule is Cc1ccc(C(=O)C2CCN(C(=O)c3cccc(NC(=O)C4Cc5ccccc5O4)c3)CC2)cc1. The van der Waals surface area contributed by atoms with Crippen molar-refractivity contribution in [2.75, 3.05) is 18.4 Å². The number of piperidine rings is 1. The first kappa shape index (κ1) is 22.8. The number of anilines is 1. The fourth-order valence-electron chi connectivity index (χ4n) is 4.76. The lowest BCUT2D eigenvalue weighted by Crippen LogP contribution is -2.40. The Balaban J connectivity index is 1.18. The summed E-state index contributed by atoms with van der Waals surface area (Å²) < 4.78 is 5.77. The quantitative estimate of drug-likeness (QED) is 0.552. The molecule has 0 radical (unpaired) electrons. The standard InChI is InChI=1S/C29H28N2O4/c1-19-9-11-20(12-10-19)27(32)21-13-15-31(16-14-21)29(34)23-6-4-7-24(17-23)30-28(33)26-18-22-5-2-3-8-25(22)35-26/h2-12,17,21,26H,13-16,18H2,1H3,(H,30,33). The van der Waals surface area contributed by atoms with Gasteiger partial charge in [0.25, 0.3) is 11.8 Å². The number of Topliss-reactive ketones (excluding diaryl/α,β-unsaturated/α-hetero) is 1. The van der Waals surface area contributed by atoms with Crippen LogP contribution in [0.25, 0.3) is 0 Å².